The van der Waals surface area contributed by atoms with Gasteiger partial charge >= 0.3 is 0 Å². The minimum Gasteiger partial charge on any atom is -0.392 e. The van der Waals surface area contributed by atoms with Crippen LogP contribution in [0.25, 0.3) is 17.2 Å². The first-order chi connectivity index (χ1) is 12.6. The zero-order valence-corrected chi connectivity index (χ0v) is 14.9. The second-order valence-corrected chi connectivity index (χ2v) is 6.26. The minimum atomic E-state index is 0.0585. The van der Waals surface area contributed by atoms with Crippen LogP contribution in [0, 0.1) is 0 Å². The standard InChI is InChI=1S/C22H19ClN2O/c23-20-10-12-21(13-11-20)25-22(24)14-5-16-1-6-18(7-2-16)19-8-3-17(15-26)4-9-19/h1-14,26H,15H2,(H2,24,25). The highest BCUT2D eigenvalue weighted by Crippen LogP contribution is 2.21. The first kappa shape index (κ1) is 17.9. The molecule has 0 radical (unpaired) electrons. The van der Waals surface area contributed by atoms with Gasteiger partial charge in [-0.1, -0.05) is 66.2 Å². The van der Waals surface area contributed by atoms with Crippen LogP contribution in [-0.2, 0) is 6.61 Å². The fourth-order valence-electron chi connectivity index (χ4n) is 2.47. The highest BCUT2D eigenvalue weighted by atomic mass is 35.5. The van der Waals surface area contributed by atoms with Crippen molar-refractivity contribution in [2.45, 2.75) is 6.61 Å². The molecule has 0 amide bonds. The van der Waals surface area contributed by atoms with Gasteiger partial charge in [-0.15, -0.1) is 0 Å². The van der Waals surface area contributed by atoms with Crippen LogP contribution in [0.2, 0.25) is 5.02 Å². The van der Waals surface area contributed by atoms with Gasteiger partial charge in [-0.05, 0) is 52.6 Å². The van der Waals surface area contributed by atoms with Crippen molar-refractivity contribution in [3.63, 3.8) is 0 Å². The normalized spacial score (nSPS) is 11.8. The Labute approximate surface area is 158 Å². The van der Waals surface area contributed by atoms with Gasteiger partial charge in [0.05, 0.1) is 12.3 Å². The van der Waals surface area contributed by atoms with Crippen molar-refractivity contribution in [3.8, 4) is 11.1 Å². The third kappa shape index (κ3) is 4.82. The summed E-state index contributed by atoms with van der Waals surface area (Å²) < 4.78 is 0. The molecule has 0 fully saturated rings. The molecule has 3 aromatic carbocycles. The Hall–Kier alpha value is -2.88. The molecule has 0 saturated heterocycles. The number of halogens is 1. The predicted octanol–water partition coefficient (Wildman–Crippen LogP) is 5.20. The molecule has 0 unspecified atom stereocenters. The minimum absolute atomic E-state index is 0.0585. The largest absolute Gasteiger partial charge is 0.392 e. The molecule has 3 N–H and O–H groups in total. The van der Waals surface area contributed by atoms with Crippen LogP contribution in [0.3, 0.4) is 0 Å². The Bertz CT molecular complexity index is 912. The van der Waals surface area contributed by atoms with E-state index in [0.29, 0.717) is 10.9 Å². The zero-order valence-electron chi connectivity index (χ0n) is 14.1. The lowest BCUT2D eigenvalue weighted by molar-refractivity contribution is 0.282. The van der Waals surface area contributed by atoms with Crippen molar-refractivity contribution in [3.05, 3.63) is 95.0 Å². The smallest absolute Gasteiger partial charge is 0.124 e. The average Bonchev–Trinajstić information content (AvgIpc) is 2.69. The monoisotopic (exact) mass is 362 g/mol. The molecule has 0 aliphatic rings. The van der Waals surface area contributed by atoms with Crippen LogP contribution in [0.15, 0.2) is 83.9 Å². The number of hydrogen-bond acceptors (Lipinski definition) is 2. The highest BCUT2D eigenvalue weighted by Gasteiger charge is 1.98. The van der Waals surface area contributed by atoms with Gasteiger partial charge in [0, 0.05) is 5.02 Å². The van der Waals surface area contributed by atoms with Crippen LogP contribution < -0.4 is 5.73 Å². The summed E-state index contributed by atoms with van der Waals surface area (Å²) in [5.74, 6) is 0.427. The van der Waals surface area contributed by atoms with Gasteiger partial charge in [-0.25, -0.2) is 4.99 Å². The van der Waals surface area contributed by atoms with E-state index in [-0.39, 0.29) is 6.61 Å². The van der Waals surface area contributed by atoms with Crippen LogP contribution in [0.5, 0.6) is 0 Å². The molecule has 0 aliphatic carbocycles. The summed E-state index contributed by atoms with van der Waals surface area (Å²) in [4.78, 5) is 4.33. The van der Waals surface area contributed by atoms with Crippen molar-refractivity contribution >= 4 is 29.2 Å². The van der Waals surface area contributed by atoms with Crippen LogP contribution in [-0.4, -0.2) is 10.9 Å². The van der Waals surface area contributed by atoms with E-state index in [9.17, 15) is 0 Å². The second kappa shape index (κ2) is 8.48. The van der Waals surface area contributed by atoms with Crippen LogP contribution in [0.1, 0.15) is 11.1 Å². The number of benzene rings is 3. The summed E-state index contributed by atoms with van der Waals surface area (Å²) in [6.45, 7) is 0.0585. The number of nitrogens with zero attached hydrogens (tertiary/aromatic N) is 1. The van der Waals surface area contributed by atoms with E-state index in [4.69, 9.17) is 22.4 Å². The average molecular weight is 363 g/mol. The van der Waals surface area contributed by atoms with E-state index in [1.807, 2.05) is 54.6 Å². The Balaban J connectivity index is 1.69. The van der Waals surface area contributed by atoms with Crippen molar-refractivity contribution in [1.82, 2.24) is 0 Å². The van der Waals surface area contributed by atoms with Crippen molar-refractivity contribution < 1.29 is 5.11 Å². The van der Waals surface area contributed by atoms with E-state index in [0.717, 1.165) is 27.9 Å². The van der Waals surface area contributed by atoms with Gasteiger partial charge in [0.15, 0.2) is 0 Å². The summed E-state index contributed by atoms with van der Waals surface area (Å²) in [6.07, 6.45) is 3.70. The molecule has 0 aliphatic heterocycles. The van der Waals surface area contributed by atoms with Gasteiger partial charge in [0.1, 0.15) is 5.84 Å². The topological polar surface area (TPSA) is 58.6 Å². The lowest BCUT2D eigenvalue weighted by atomic mass is 10.0. The summed E-state index contributed by atoms with van der Waals surface area (Å²) in [5.41, 5.74) is 10.9. The number of aliphatic hydroxyl groups is 1. The van der Waals surface area contributed by atoms with Gasteiger partial charge in [-0.2, -0.15) is 0 Å². The van der Waals surface area contributed by atoms with Crippen molar-refractivity contribution in [2.24, 2.45) is 10.7 Å². The number of aliphatic imine (C=N–C) groups is 1. The molecular formula is C22H19ClN2O. The molecule has 0 bridgehead atoms. The molecule has 0 saturated carbocycles. The Morgan fingerprint density at radius 1 is 0.885 bits per heavy atom. The quantitative estimate of drug-likeness (QED) is 0.484. The number of amidine groups is 1. The number of nitrogens with two attached hydrogens (primary N) is 1. The summed E-state index contributed by atoms with van der Waals surface area (Å²) >= 11 is 5.86. The van der Waals surface area contributed by atoms with Crippen LogP contribution in [0.4, 0.5) is 5.69 Å². The van der Waals surface area contributed by atoms with E-state index >= 15 is 0 Å². The molecule has 0 aromatic heterocycles. The molecule has 0 heterocycles. The lowest BCUT2D eigenvalue weighted by Crippen LogP contribution is -2.06. The zero-order chi connectivity index (χ0) is 18.4. The Morgan fingerprint density at radius 2 is 1.46 bits per heavy atom. The van der Waals surface area contributed by atoms with E-state index in [2.05, 4.69) is 17.1 Å². The SMILES string of the molecule is NC(C=Cc1ccc(-c2ccc(CO)cc2)cc1)=Nc1ccc(Cl)cc1. The van der Waals surface area contributed by atoms with Gasteiger partial charge in [0.25, 0.3) is 0 Å². The molecular weight excluding hydrogens is 344 g/mol. The summed E-state index contributed by atoms with van der Waals surface area (Å²) in [7, 11) is 0. The van der Waals surface area contributed by atoms with E-state index in [1.54, 1.807) is 18.2 Å². The predicted molar refractivity (Wildman–Crippen MR) is 110 cm³/mol. The molecule has 3 rings (SSSR count). The molecule has 3 aromatic rings. The summed E-state index contributed by atoms with van der Waals surface area (Å²) in [6, 6.07) is 23.2. The fourth-order valence-corrected chi connectivity index (χ4v) is 2.60. The molecule has 0 atom stereocenters. The molecule has 130 valence electrons. The Morgan fingerprint density at radius 3 is 2.04 bits per heavy atom. The molecule has 26 heavy (non-hydrogen) atoms. The number of hydrogen-bond donors (Lipinski definition) is 2. The van der Waals surface area contributed by atoms with Gasteiger partial charge in [0.2, 0.25) is 0 Å². The molecule has 3 nitrogen and oxygen atoms in total. The van der Waals surface area contributed by atoms with Gasteiger partial charge < -0.3 is 10.8 Å². The molecule has 0 spiro atoms. The lowest BCUT2D eigenvalue weighted by Gasteiger charge is -2.04. The van der Waals surface area contributed by atoms with Gasteiger partial charge in [-0.3, -0.25) is 0 Å². The van der Waals surface area contributed by atoms with Crippen molar-refractivity contribution in [1.29, 1.82) is 0 Å². The third-order valence-corrected chi connectivity index (χ3v) is 4.16. The maximum absolute atomic E-state index is 9.11. The first-order valence-corrected chi connectivity index (χ1v) is 8.60. The maximum Gasteiger partial charge on any atom is 0.124 e. The van der Waals surface area contributed by atoms with Crippen molar-refractivity contribution in [2.75, 3.05) is 0 Å². The first-order valence-electron chi connectivity index (χ1n) is 8.22. The second-order valence-electron chi connectivity index (χ2n) is 5.82. The molecule has 4 heteroatoms. The van der Waals surface area contributed by atoms with E-state index in [1.165, 1.54) is 0 Å². The number of aliphatic hydroxyl groups excluding tert-OH is 1. The van der Waals surface area contributed by atoms with Crippen LogP contribution >= 0.6 is 11.6 Å². The van der Waals surface area contributed by atoms with E-state index < -0.39 is 0 Å². The highest BCUT2D eigenvalue weighted by molar-refractivity contribution is 6.30. The number of rotatable bonds is 5. The summed E-state index contributed by atoms with van der Waals surface area (Å²) in [5, 5.41) is 9.78. The Kier molecular flexibility index (Phi) is 5.84. The maximum atomic E-state index is 9.11. The third-order valence-electron chi connectivity index (χ3n) is 3.91. The fraction of sp³-hybridized carbons (Fsp3) is 0.0455.